The van der Waals surface area contributed by atoms with Gasteiger partial charge in [0.25, 0.3) is 5.91 Å². The molecule has 1 fully saturated rings. The third-order valence-electron chi connectivity index (χ3n) is 5.26. The van der Waals surface area contributed by atoms with Gasteiger partial charge in [0.1, 0.15) is 5.75 Å². The molecule has 0 spiro atoms. The van der Waals surface area contributed by atoms with E-state index in [1.54, 1.807) is 19.5 Å². The van der Waals surface area contributed by atoms with Gasteiger partial charge in [-0.3, -0.25) is 14.9 Å². The van der Waals surface area contributed by atoms with E-state index in [-0.39, 0.29) is 24.0 Å². The molecule has 7 heteroatoms. The highest BCUT2D eigenvalue weighted by Gasteiger charge is 2.37. The van der Waals surface area contributed by atoms with Crippen molar-refractivity contribution in [2.45, 2.75) is 44.2 Å². The Hall–Kier alpha value is -2.41. The van der Waals surface area contributed by atoms with Gasteiger partial charge in [0, 0.05) is 17.5 Å². The number of aromatic nitrogens is 3. The number of nitrogens with zero attached hydrogens (tertiary/aromatic N) is 2. The number of amides is 1. The minimum Gasteiger partial charge on any atom is -0.495 e. The van der Waals surface area contributed by atoms with Gasteiger partial charge in [0.05, 0.1) is 25.5 Å². The summed E-state index contributed by atoms with van der Waals surface area (Å²) in [6.45, 7) is 0. The van der Waals surface area contributed by atoms with Crippen LogP contribution in [0.3, 0.4) is 0 Å². The number of nitrogens with one attached hydrogen (secondary N) is 2. The molecule has 0 radical (unpaired) electrons. The minimum absolute atomic E-state index is 0.173. The first-order valence-corrected chi connectivity index (χ1v) is 8.69. The van der Waals surface area contributed by atoms with Crippen LogP contribution in [0.1, 0.15) is 52.6 Å². The molecule has 132 valence electrons. The topological polar surface area (TPSA) is 100 Å². The molecule has 2 aromatic heterocycles. The second kappa shape index (κ2) is 6.48. The van der Waals surface area contributed by atoms with E-state index in [0.717, 1.165) is 36.1 Å². The number of methoxy groups -OCH3 is 1. The highest BCUT2D eigenvalue weighted by molar-refractivity contribution is 5.94. The van der Waals surface area contributed by atoms with E-state index in [2.05, 4.69) is 20.5 Å². The summed E-state index contributed by atoms with van der Waals surface area (Å²) in [5, 5.41) is 20.0. The van der Waals surface area contributed by atoms with Gasteiger partial charge in [-0.1, -0.05) is 0 Å². The van der Waals surface area contributed by atoms with E-state index in [9.17, 15) is 9.90 Å². The lowest BCUT2D eigenvalue weighted by molar-refractivity contribution is 0.0234. The van der Waals surface area contributed by atoms with Gasteiger partial charge in [-0.05, 0) is 49.7 Å². The first-order chi connectivity index (χ1) is 12.2. The van der Waals surface area contributed by atoms with Crippen LogP contribution in [0.2, 0.25) is 0 Å². The maximum Gasteiger partial charge on any atom is 0.272 e. The number of carbonyl (C=O) groups excluding carboxylic acids is 1. The molecule has 4 rings (SSSR count). The van der Waals surface area contributed by atoms with Gasteiger partial charge in [-0.2, -0.15) is 5.10 Å². The number of hydrogen-bond acceptors (Lipinski definition) is 5. The molecule has 2 aliphatic rings. The van der Waals surface area contributed by atoms with Gasteiger partial charge >= 0.3 is 0 Å². The van der Waals surface area contributed by atoms with Crippen molar-refractivity contribution in [3.8, 4) is 5.75 Å². The molecule has 0 aliphatic heterocycles. The van der Waals surface area contributed by atoms with E-state index in [0.29, 0.717) is 24.3 Å². The van der Waals surface area contributed by atoms with Crippen LogP contribution in [-0.4, -0.2) is 39.4 Å². The Morgan fingerprint density at radius 1 is 1.40 bits per heavy atom. The fourth-order valence-corrected chi connectivity index (χ4v) is 3.81. The summed E-state index contributed by atoms with van der Waals surface area (Å²) in [5.74, 6) is 0.658. The highest BCUT2D eigenvalue weighted by Crippen LogP contribution is 2.39. The van der Waals surface area contributed by atoms with Crippen molar-refractivity contribution in [2.24, 2.45) is 5.92 Å². The molecule has 25 heavy (non-hydrogen) atoms. The average Bonchev–Trinajstić information content (AvgIpc) is 3.20. The van der Waals surface area contributed by atoms with Crippen LogP contribution in [0.5, 0.6) is 5.75 Å². The third kappa shape index (κ3) is 3.00. The van der Waals surface area contributed by atoms with Crippen LogP contribution in [0.15, 0.2) is 18.5 Å². The van der Waals surface area contributed by atoms with Gasteiger partial charge in [-0.25, -0.2) is 0 Å². The largest absolute Gasteiger partial charge is 0.495 e. The molecule has 0 saturated heterocycles. The quantitative estimate of drug-likeness (QED) is 0.765. The SMILES string of the molecule is COc1cncc(C(NC(=O)c2n[nH]c3c2CCC3)C2CC(O)C2)c1. The van der Waals surface area contributed by atoms with E-state index in [1.807, 2.05) is 6.07 Å². The van der Waals surface area contributed by atoms with Gasteiger partial charge in [0.2, 0.25) is 0 Å². The normalized spacial score (nSPS) is 22.8. The Morgan fingerprint density at radius 2 is 2.24 bits per heavy atom. The molecule has 0 bridgehead atoms. The van der Waals surface area contributed by atoms with Crippen molar-refractivity contribution < 1.29 is 14.6 Å². The van der Waals surface area contributed by atoms with Crippen molar-refractivity contribution in [1.29, 1.82) is 0 Å². The average molecular weight is 342 g/mol. The number of fused-ring (bicyclic) bond motifs is 1. The summed E-state index contributed by atoms with van der Waals surface area (Å²) in [5.41, 5.74) is 3.49. The number of aliphatic hydroxyl groups excluding tert-OH is 1. The van der Waals surface area contributed by atoms with Crippen LogP contribution in [0.25, 0.3) is 0 Å². The lowest BCUT2D eigenvalue weighted by Crippen LogP contribution is -2.41. The van der Waals surface area contributed by atoms with E-state index < -0.39 is 0 Å². The number of pyridine rings is 1. The molecule has 3 N–H and O–H groups in total. The second-order valence-electron chi connectivity index (χ2n) is 6.88. The van der Waals surface area contributed by atoms with E-state index in [1.165, 1.54) is 0 Å². The summed E-state index contributed by atoms with van der Waals surface area (Å²) < 4.78 is 5.25. The second-order valence-corrected chi connectivity index (χ2v) is 6.88. The van der Waals surface area contributed by atoms with Gasteiger partial charge < -0.3 is 15.2 Å². The summed E-state index contributed by atoms with van der Waals surface area (Å²) in [6.07, 6.45) is 7.32. The predicted molar refractivity (Wildman–Crippen MR) is 90.3 cm³/mol. The van der Waals surface area contributed by atoms with Crippen LogP contribution in [0.4, 0.5) is 0 Å². The van der Waals surface area contributed by atoms with E-state index in [4.69, 9.17) is 4.74 Å². The number of ether oxygens (including phenoxy) is 1. The number of rotatable bonds is 5. The summed E-state index contributed by atoms with van der Waals surface area (Å²) in [6, 6.07) is 1.67. The zero-order valence-electron chi connectivity index (χ0n) is 14.2. The Labute approximate surface area is 145 Å². The van der Waals surface area contributed by atoms with Crippen molar-refractivity contribution >= 4 is 5.91 Å². The zero-order chi connectivity index (χ0) is 17.4. The molecular formula is C18H22N4O3. The van der Waals surface area contributed by atoms with E-state index >= 15 is 0 Å². The number of H-pyrrole nitrogens is 1. The molecule has 2 aliphatic carbocycles. The fourth-order valence-electron chi connectivity index (χ4n) is 3.81. The molecule has 7 nitrogen and oxygen atoms in total. The van der Waals surface area contributed by atoms with Crippen LogP contribution >= 0.6 is 0 Å². The summed E-state index contributed by atoms with van der Waals surface area (Å²) >= 11 is 0. The van der Waals surface area contributed by atoms with Crippen molar-refractivity contribution in [1.82, 2.24) is 20.5 Å². The molecule has 1 amide bonds. The Balaban J connectivity index is 1.58. The monoisotopic (exact) mass is 342 g/mol. The van der Waals surface area contributed by atoms with Crippen LogP contribution < -0.4 is 10.1 Å². The third-order valence-corrected chi connectivity index (χ3v) is 5.26. The predicted octanol–water partition coefficient (Wildman–Crippen LogP) is 1.54. The van der Waals surface area contributed by atoms with Gasteiger partial charge in [0.15, 0.2) is 5.69 Å². The molecule has 2 heterocycles. The zero-order valence-corrected chi connectivity index (χ0v) is 14.2. The summed E-state index contributed by atoms with van der Waals surface area (Å²) in [7, 11) is 1.59. The Kier molecular flexibility index (Phi) is 4.17. The van der Waals surface area contributed by atoms with Crippen LogP contribution in [-0.2, 0) is 12.8 Å². The van der Waals surface area contributed by atoms with Crippen LogP contribution in [0, 0.1) is 5.92 Å². The number of hydrogen-bond donors (Lipinski definition) is 3. The smallest absolute Gasteiger partial charge is 0.272 e. The van der Waals surface area contributed by atoms with Crippen molar-refractivity contribution in [3.63, 3.8) is 0 Å². The molecule has 1 atom stereocenters. The van der Waals surface area contributed by atoms with Gasteiger partial charge in [-0.15, -0.1) is 0 Å². The lowest BCUT2D eigenvalue weighted by Gasteiger charge is -2.38. The molecule has 1 unspecified atom stereocenters. The minimum atomic E-state index is -0.294. The molecule has 0 aromatic carbocycles. The number of carbonyl (C=O) groups is 1. The molecular weight excluding hydrogens is 320 g/mol. The number of aliphatic hydroxyl groups is 1. The molecule has 1 saturated carbocycles. The lowest BCUT2D eigenvalue weighted by atomic mass is 9.75. The maximum atomic E-state index is 12.8. The Morgan fingerprint density at radius 3 is 3.00 bits per heavy atom. The maximum absolute atomic E-state index is 12.8. The van der Waals surface area contributed by atoms with Crippen molar-refractivity contribution in [2.75, 3.05) is 7.11 Å². The highest BCUT2D eigenvalue weighted by atomic mass is 16.5. The summed E-state index contributed by atoms with van der Waals surface area (Å²) in [4.78, 5) is 17.0. The first-order valence-electron chi connectivity index (χ1n) is 8.69. The number of aryl methyl sites for hydroxylation is 1. The number of aromatic amines is 1. The van der Waals surface area contributed by atoms with Crippen molar-refractivity contribution in [3.05, 3.63) is 41.0 Å². The standard InChI is InChI=1S/C18H22N4O3/c1-25-13-7-11(8-19-9-13)16(10-5-12(23)6-10)20-18(24)17-14-3-2-4-15(14)21-22-17/h7-10,12,16,23H,2-6H2,1H3,(H,20,24)(H,21,22). The fraction of sp³-hybridized carbons (Fsp3) is 0.500. The molecule has 2 aromatic rings. The first kappa shape index (κ1) is 16.1. The Bertz CT molecular complexity index is 782.